The van der Waals surface area contributed by atoms with Crippen molar-refractivity contribution in [2.24, 2.45) is 4.99 Å². The van der Waals surface area contributed by atoms with Crippen molar-refractivity contribution in [3.05, 3.63) is 34.3 Å². The van der Waals surface area contributed by atoms with Crippen molar-refractivity contribution in [2.75, 3.05) is 0 Å². The van der Waals surface area contributed by atoms with Crippen LogP contribution in [0.5, 0.6) is 0 Å². The highest BCUT2D eigenvalue weighted by Gasteiger charge is 2.48. The molecule has 0 radical (unpaired) electrons. The van der Waals surface area contributed by atoms with E-state index in [0.29, 0.717) is 0 Å². The first-order chi connectivity index (χ1) is 7.23. The molecule has 0 spiro atoms. The summed E-state index contributed by atoms with van der Waals surface area (Å²) in [5.74, 6) is 0. The van der Waals surface area contributed by atoms with Gasteiger partial charge in [0, 0.05) is 4.47 Å². The first kappa shape index (κ1) is 10.4. The van der Waals surface area contributed by atoms with Gasteiger partial charge in [0.1, 0.15) is 6.07 Å². The molecular weight excluding hydrogens is 252 g/mol. The monoisotopic (exact) mass is 262 g/mol. The van der Waals surface area contributed by atoms with E-state index in [1.165, 1.54) is 0 Å². The van der Waals surface area contributed by atoms with Crippen LogP contribution in [-0.2, 0) is 5.54 Å². The van der Waals surface area contributed by atoms with Crippen molar-refractivity contribution >= 4 is 21.6 Å². The van der Waals surface area contributed by atoms with E-state index in [9.17, 15) is 5.26 Å². The summed E-state index contributed by atoms with van der Waals surface area (Å²) < 4.78 is 1.03. The molecular formula is C12H11BrN2. The average Bonchev–Trinajstić information content (AvgIpc) is 2.95. The minimum absolute atomic E-state index is 0.628. The third-order valence-corrected chi connectivity index (χ3v) is 3.11. The Morgan fingerprint density at radius 2 is 2.07 bits per heavy atom. The first-order valence-electron chi connectivity index (χ1n) is 4.99. The zero-order chi connectivity index (χ0) is 10.9. The fourth-order valence-corrected chi connectivity index (χ4v) is 1.99. The number of nitriles is 1. The van der Waals surface area contributed by atoms with Crippen LogP contribution < -0.4 is 0 Å². The molecule has 0 fully saturated rings. The zero-order valence-corrected chi connectivity index (χ0v) is 10.1. The molecule has 1 aromatic rings. The third-order valence-electron chi connectivity index (χ3n) is 2.58. The molecule has 2 rings (SSSR count). The zero-order valence-electron chi connectivity index (χ0n) is 8.50. The average molecular weight is 263 g/mol. The Morgan fingerprint density at radius 1 is 1.40 bits per heavy atom. The van der Waals surface area contributed by atoms with Crippen molar-refractivity contribution in [1.29, 1.82) is 5.26 Å². The normalized spacial score (nSPS) is 23.1. The molecule has 0 aliphatic carbocycles. The van der Waals surface area contributed by atoms with E-state index in [1.807, 2.05) is 24.3 Å². The minimum Gasteiger partial charge on any atom is -0.257 e. The van der Waals surface area contributed by atoms with Crippen LogP contribution in [0.2, 0.25) is 0 Å². The SMILES string of the molecule is CCCC1=NC1(C#N)c1ccc(Br)cc1. The van der Waals surface area contributed by atoms with Crippen LogP contribution in [0.4, 0.5) is 0 Å². The van der Waals surface area contributed by atoms with Gasteiger partial charge in [-0.1, -0.05) is 41.4 Å². The molecule has 1 aliphatic rings. The second-order valence-corrected chi connectivity index (χ2v) is 4.55. The Morgan fingerprint density at radius 3 is 2.60 bits per heavy atom. The molecule has 1 heterocycles. The molecule has 0 bridgehead atoms. The van der Waals surface area contributed by atoms with Crippen LogP contribution in [0.25, 0.3) is 0 Å². The second-order valence-electron chi connectivity index (χ2n) is 3.64. The Balaban J connectivity index is 2.25. The number of aliphatic imine (C=N–C) groups is 1. The fourth-order valence-electron chi connectivity index (χ4n) is 1.72. The Hall–Kier alpha value is -1.14. The standard InChI is InChI=1S/C12H11BrN2/c1-2-3-11-12(8-14,15-11)9-4-6-10(13)7-5-9/h4-7H,2-3H2,1H3. The van der Waals surface area contributed by atoms with Gasteiger partial charge >= 0.3 is 0 Å². The lowest BCUT2D eigenvalue weighted by atomic mass is 9.93. The van der Waals surface area contributed by atoms with Crippen LogP contribution in [0.15, 0.2) is 33.7 Å². The molecule has 0 amide bonds. The van der Waals surface area contributed by atoms with Gasteiger partial charge in [-0.2, -0.15) is 5.26 Å². The van der Waals surface area contributed by atoms with E-state index in [-0.39, 0.29) is 0 Å². The Kier molecular flexibility index (Phi) is 2.62. The lowest BCUT2D eigenvalue weighted by Gasteiger charge is -2.06. The highest BCUT2D eigenvalue weighted by atomic mass is 79.9. The van der Waals surface area contributed by atoms with Crippen LogP contribution in [0.3, 0.4) is 0 Å². The van der Waals surface area contributed by atoms with Crippen molar-refractivity contribution in [3.8, 4) is 6.07 Å². The maximum atomic E-state index is 9.20. The summed E-state index contributed by atoms with van der Waals surface area (Å²) in [7, 11) is 0. The summed E-state index contributed by atoms with van der Waals surface area (Å²) in [5.41, 5.74) is 1.38. The summed E-state index contributed by atoms with van der Waals surface area (Å²) in [4.78, 5) is 4.33. The minimum atomic E-state index is -0.628. The molecule has 0 N–H and O–H groups in total. The van der Waals surface area contributed by atoms with E-state index < -0.39 is 5.54 Å². The molecule has 1 atom stereocenters. The van der Waals surface area contributed by atoms with Crippen LogP contribution in [0.1, 0.15) is 25.3 Å². The first-order valence-corrected chi connectivity index (χ1v) is 5.78. The fraction of sp³-hybridized carbons (Fsp3) is 0.333. The summed E-state index contributed by atoms with van der Waals surface area (Å²) in [6, 6.07) is 10.1. The molecule has 0 aromatic heterocycles. The maximum Gasteiger partial charge on any atom is 0.209 e. The number of nitrogens with zero attached hydrogens (tertiary/aromatic N) is 2. The van der Waals surface area contributed by atoms with E-state index in [1.54, 1.807) is 0 Å². The smallest absolute Gasteiger partial charge is 0.209 e. The van der Waals surface area contributed by atoms with Crippen LogP contribution in [0, 0.1) is 11.3 Å². The predicted molar refractivity (Wildman–Crippen MR) is 63.8 cm³/mol. The molecule has 15 heavy (non-hydrogen) atoms. The Bertz CT molecular complexity index is 442. The molecule has 0 saturated carbocycles. The summed E-state index contributed by atoms with van der Waals surface area (Å²) in [6.07, 6.45) is 1.96. The van der Waals surface area contributed by atoms with E-state index in [2.05, 4.69) is 33.9 Å². The van der Waals surface area contributed by atoms with Gasteiger partial charge < -0.3 is 0 Å². The maximum absolute atomic E-state index is 9.20. The van der Waals surface area contributed by atoms with E-state index >= 15 is 0 Å². The number of benzene rings is 1. The summed E-state index contributed by atoms with van der Waals surface area (Å²) in [6.45, 7) is 2.10. The topological polar surface area (TPSA) is 36.1 Å². The highest BCUT2D eigenvalue weighted by Crippen LogP contribution is 2.40. The molecule has 1 unspecified atom stereocenters. The molecule has 0 saturated heterocycles. The number of rotatable bonds is 3. The second kappa shape index (κ2) is 3.79. The van der Waals surface area contributed by atoms with E-state index in [0.717, 1.165) is 28.6 Å². The molecule has 1 aromatic carbocycles. The number of halogens is 1. The Labute approximate surface area is 97.8 Å². The number of hydrogen-bond acceptors (Lipinski definition) is 2. The molecule has 3 heteroatoms. The van der Waals surface area contributed by atoms with Crippen molar-refractivity contribution in [3.63, 3.8) is 0 Å². The van der Waals surface area contributed by atoms with Crippen LogP contribution in [-0.4, -0.2) is 5.71 Å². The van der Waals surface area contributed by atoms with Gasteiger partial charge in [-0.3, -0.25) is 4.99 Å². The lowest BCUT2D eigenvalue weighted by molar-refractivity contribution is 0.895. The quantitative estimate of drug-likeness (QED) is 0.823. The van der Waals surface area contributed by atoms with Crippen LogP contribution >= 0.6 is 15.9 Å². The molecule has 1 aliphatic heterocycles. The van der Waals surface area contributed by atoms with Gasteiger partial charge in [-0.05, 0) is 24.1 Å². The van der Waals surface area contributed by atoms with Gasteiger partial charge in [0.05, 0.1) is 5.71 Å². The predicted octanol–water partition coefficient (Wildman–Crippen LogP) is 3.42. The van der Waals surface area contributed by atoms with Gasteiger partial charge in [0.2, 0.25) is 5.54 Å². The molecule has 76 valence electrons. The third kappa shape index (κ3) is 1.70. The molecule has 2 nitrogen and oxygen atoms in total. The van der Waals surface area contributed by atoms with Crippen molar-refractivity contribution in [1.82, 2.24) is 0 Å². The highest BCUT2D eigenvalue weighted by molar-refractivity contribution is 9.10. The summed E-state index contributed by atoms with van der Waals surface area (Å²) >= 11 is 3.38. The van der Waals surface area contributed by atoms with Gasteiger partial charge in [0.15, 0.2) is 0 Å². The van der Waals surface area contributed by atoms with Gasteiger partial charge in [0.25, 0.3) is 0 Å². The summed E-state index contributed by atoms with van der Waals surface area (Å²) in [5, 5.41) is 9.20. The largest absolute Gasteiger partial charge is 0.257 e. The van der Waals surface area contributed by atoms with Gasteiger partial charge in [-0.15, -0.1) is 0 Å². The van der Waals surface area contributed by atoms with E-state index in [4.69, 9.17) is 0 Å². The lowest BCUT2D eigenvalue weighted by Crippen LogP contribution is -2.13. The van der Waals surface area contributed by atoms with Gasteiger partial charge in [-0.25, -0.2) is 0 Å². The van der Waals surface area contributed by atoms with Crippen molar-refractivity contribution < 1.29 is 0 Å². The van der Waals surface area contributed by atoms with Crippen molar-refractivity contribution in [2.45, 2.75) is 25.3 Å². The number of hydrogen-bond donors (Lipinski definition) is 0.